The maximum Gasteiger partial charge on any atom is 0.132 e. The molecule has 1 heterocycles. The third-order valence-electron chi connectivity index (χ3n) is 3.88. The second-order valence-corrected chi connectivity index (χ2v) is 6.27. The molecule has 3 rings (SSSR count). The van der Waals surface area contributed by atoms with Crippen LogP contribution in [-0.4, -0.2) is 17.1 Å². The van der Waals surface area contributed by atoms with Gasteiger partial charge in [-0.15, -0.1) is 0 Å². The van der Waals surface area contributed by atoms with Crippen molar-refractivity contribution < 1.29 is 4.74 Å². The number of halogens is 1. The molecule has 0 unspecified atom stereocenters. The summed E-state index contributed by atoms with van der Waals surface area (Å²) in [6, 6.07) is 17.6. The maximum atomic E-state index is 5.92. The highest BCUT2D eigenvalue weighted by Crippen LogP contribution is 2.19. The summed E-state index contributed by atoms with van der Waals surface area (Å²) in [6.45, 7) is 3.17. The number of rotatable bonds is 7. The number of para-hydroxylation sites is 1. The summed E-state index contributed by atoms with van der Waals surface area (Å²) in [6.07, 6.45) is 0. The Kier molecular flexibility index (Phi) is 5.92. The predicted molar refractivity (Wildman–Crippen MR) is 106 cm³/mol. The Balaban J connectivity index is 1.66. The summed E-state index contributed by atoms with van der Waals surface area (Å²) in [5.41, 5.74) is 2.20. The Labute approximate surface area is 158 Å². The largest absolute Gasteiger partial charge is 0.496 e. The van der Waals surface area contributed by atoms with E-state index in [1.54, 1.807) is 7.11 Å². The molecule has 5 nitrogen and oxygen atoms in total. The fraction of sp³-hybridized carbons (Fsp3) is 0.200. The first-order valence-electron chi connectivity index (χ1n) is 8.34. The quantitative estimate of drug-likeness (QED) is 0.634. The Bertz CT molecular complexity index is 868. The number of ether oxygens (including phenoxy) is 1. The number of nitrogens with zero attached hydrogens (tertiary/aromatic N) is 2. The van der Waals surface area contributed by atoms with Gasteiger partial charge in [0.05, 0.1) is 7.11 Å². The van der Waals surface area contributed by atoms with Crippen LogP contribution in [0.4, 0.5) is 11.6 Å². The number of hydrogen-bond donors (Lipinski definition) is 2. The molecule has 3 aromatic rings. The molecule has 0 atom stereocenters. The summed E-state index contributed by atoms with van der Waals surface area (Å²) < 4.78 is 5.38. The molecule has 2 N–H and O–H groups in total. The van der Waals surface area contributed by atoms with E-state index in [1.807, 2.05) is 61.5 Å². The lowest BCUT2D eigenvalue weighted by Crippen LogP contribution is -2.07. The van der Waals surface area contributed by atoms with Crippen molar-refractivity contribution in [1.29, 1.82) is 0 Å². The minimum absolute atomic E-state index is 0.622. The normalized spacial score (nSPS) is 10.4. The Morgan fingerprint density at radius 1 is 0.923 bits per heavy atom. The van der Waals surface area contributed by atoms with Crippen molar-refractivity contribution in [2.75, 3.05) is 17.7 Å². The fourth-order valence-corrected chi connectivity index (χ4v) is 2.70. The van der Waals surface area contributed by atoms with Gasteiger partial charge >= 0.3 is 0 Å². The van der Waals surface area contributed by atoms with Crippen LogP contribution in [-0.2, 0) is 13.1 Å². The number of nitrogens with one attached hydrogen (secondary N) is 2. The summed E-state index contributed by atoms with van der Waals surface area (Å²) in [5.74, 6) is 3.09. The van der Waals surface area contributed by atoms with Gasteiger partial charge in [-0.1, -0.05) is 41.9 Å². The number of anilines is 2. The van der Waals surface area contributed by atoms with Crippen LogP contribution in [0.1, 0.15) is 17.0 Å². The molecule has 26 heavy (non-hydrogen) atoms. The third kappa shape index (κ3) is 4.86. The molecule has 6 heteroatoms. The zero-order chi connectivity index (χ0) is 18.4. The van der Waals surface area contributed by atoms with Gasteiger partial charge < -0.3 is 15.4 Å². The molecule has 0 saturated carbocycles. The number of benzene rings is 2. The average Bonchev–Trinajstić information content (AvgIpc) is 2.66. The molecule has 0 radical (unpaired) electrons. The van der Waals surface area contributed by atoms with E-state index in [2.05, 4.69) is 20.6 Å². The smallest absolute Gasteiger partial charge is 0.132 e. The lowest BCUT2D eigenvalue weighted by atomic mass is 10.2. The first-order valence-corrected chi connectivity index (χ1v) is 8.71. The van der Waals surface area contributed by atoms with Crippen LogP contribution in [0, 0.1) is 6.92 Å². The van der Waals surface area contributed by atoms with Gasteiger partial charge in [-0.05, 0) is 30.7 Å². The number of methoxy groups -OCH3 is 1. The molecule has 0 saturated heterocycles. The summed E-state index contributed by atoms with van der Waals surface area (Å²) in [4.78, 5) is 8.89. The van der Waals surface area contributed by atoms with E-state index in [4.69, 9.17) is 16.3 Å². The number of aryl methyl sites for hydroxylation is 1. The van der Waals surface area contributed by atoms with Crippen LogP contribution in [0.3, 0.4) is 0 Å². The summed E-state index contributed by atoms with van der Waals surface area (Å²) >= 11 is 5.92. The Hall–Kier alpha value is -2.79. The van der Waals surface area contributed by atoms with Crippen molar-refractivity contribution in [3.63, 3.8) is 0 Å². The van der Waals surface area contributed by atoms with E-state index >= 15 is 0 Å². The molecule has 1 aromatic heterocycles. The van der Waals surface area contributed by atoms with Gasteiger partial charge in [-0.3, -0.25) is 0 Å². The van der Waals surface area contributed by atoms with Crippen molar-refractivity contribution in [3.8, 4) is 5.75 Å². The van der Waals surface area contributed by atoms with Crippen molar-refractivity contribution >= 4 is 23.2 Å². The van der Waals surface area contributed by atoms with Crippen molar-refractivity contribution in [3.05, 3.63) is 76.6 Å². The highest BCUT2D eigenvalue weighted by atomic mass is 35.5. The van der Waals surface area contributed by atoms with Crippen LogP contribution < -0.4 is 15.4 Å². The Morgan fingerprint density at radius 3 is 2.27 bits per heavy atom. The van der Waals surface area contributed by atoms with Crippen LogP contribution >= 0.6 is 11.6 Å². The zero-order valence-electron chi connectivity index (χ0n) is 14.8. The fourth-order valence-electron chi connectivity index (χ4n) is 2.58. The lowest BCUT2D eigenvalue weighted by Gasteiger charge is -2.12. The van der Waals surface area contributed by atoms with E-state index in [0.717, 1.165) is 33.5 Å². The van der Waals surface area contributed by atoms with Gasteiger partial charge in [0.25, 0.3) is 0 Å². The molecular weight excluding hydrogens is 348 g/mol. The van der Waals surface area contributed by atoms with Gasteiger partial charge in [0.2, 0.25) is 0 Å². The first-order chi connectivity index (χ1) is 12.6. The molecule has 0 amide bonds. The molecule has 0 spiro atoms. The van der Waals surface area contributed by atoms with Crippen LogP contribution in [0.5, 0.6) is 5.75 Å². The molecular formula is C20H21ClN4O. The van der Waals surface area contributed by atoms with E-state index in [1.165, 1.54) is 0 Å². The van der Waals surface area contributed by atoms with E-state index < -0.39 is 0 Å². The van der Waals surface area contributed by atoms with Crippen LogP contribution in [0.25, 0.3) is 0 Å². The van der Waals surface area contributed by atoms with Crippen molar-refractivity contribution in [1.82, 2.24) is 9.97 Å². The number of aromatic nitrogens is 2. The topological polar surface area (TPSA) is 59.1 Å². The third-order valence-corrected chi connectivity index (χ3v) is 4.13. The van der Waals surface area contributed by atoms with Gasteiger partial charge in [-0.2, -0.15) is 0 Å². The molecule has 0 aliphatic rings. The van der Waals surface area contributed by atoms with E-state index in [-0.39, 0.29) is 0 Å². The molecule has 0 aliphatic carbocycles. The molecule has 0 fully saturated rings. The second kappa shape index (κ2) is 8.54. The van der Waals surface area contributed by atoms with Crippen LogP contribution in [0.15, 0.2) is 54.6 Å². The van der Waals surface area contributed by atoms with E-state index in [9.17, 15) is 0 Å². The van der Waals surface area contributed by atoms with Crippen molar-refractivity contribution in [2.24, 2.45) is 0 Å². The molecule has 2 aromatic carbocycles. The highest BCUT2D eigenvalue weighted by molar-refractivity contribution is 6.30. The average molecular weight is 369 g/mol. The summed E-state index contributed by atoms with van der Waals surface area (Å²) in [7, 11) is 1.67. The summed E-state index contributed by atoms with van der Waals surface area (Å²) in [5, 5.41) is 7.39. The first kappa shape index (κ1) is 18.0. The number of hydrogen-bond acceptors (Lipinski definition) is 5. The maximum absolute atomic E-state index is 5.92. The van der Waals surface area contributed by atoms with Gasteiger partial charge in [-0.25, -0.2) is 9.97 Å². The monoisotopic (exact) mass is 368 g/mol. The highest BCUT2D eigenvalue weighted by Gasteiger charge is 2.05. The van der Waals surface area contributed by atoms with Crippen molar-refractivity contribution in [2.45, 2.75) is 20.0 Å². The molecule has 0 bridgehead atoms. The van der Waals surface area contributed by atoms with Crippen LogP contribution in [0.2, 0.25) is 5.02 Å². The molecule has 134 valence electrons. The predicted octanol–water partition coefficient (Wildman–Crippen LogP) is 4.67. The second-order valence-electron chi connectivity index (χ2n) is 5.83. The van der Waals surface area contributed by atoms with Gasteiger partial charge in [0.1, 0.15) is 23.2 Å². The van der Waals surface area contributed by atoms with Gasteiger partial charge in [0, 0.05) is 29.7 Å². The standard InChI is InChI=1S/C20H21ClN4O/c1-14-24-19(22-12-15-7-9-17(21)10-8-15)11-20(25-14)23-13-16-5-3-4-6-18(16)26-2/h3-11H,12-13H2,1-2H3,(H2,22,23,24,25). The Morgan fingerprint density at radius 2 is 1.58 bits per heavy atom. The molecule has 0 aliphatic heterocycles. The minimum Gasteiger partial charge on any atom is -0.496 e. The van der Waals surface area contributed by atoms with E-state index in [0.29, 0.717) is 18.9 Å². The minimum atomic E-state index is 0.622. The zero-order valence-corrected chi connectivity index (χ0v) is 15.5. The SMILES string of the molecule is COc1ccccc1CNc1cc(NCc2ccc(Cl)cc2)nc(C)n1. The lowest BCUT2D eigenvalue weighted by molar-refractivity contribution is 0.410. The van der Waals surface area contributed by atoms with Gasteiger partial charge in [0.15, 0.2) is 0 Å².